The topological polar surface area (TPSA) is 37.4 Å². The Morgan fingerprint density at radius 2 is 1.93 bits per heavy atom. The molecule has 1 unspecified atom stereocenters. The third-order valence-corrected chi connectivity index (χ3v) is 3.36. The highest BCUT2D eigenvalue weighted by molar-refractivity contribution is 7.86. The lowest BCUT2D eigenvalue weighted by Gasteiger charge is -2.13. The van der Waals surface area contributed by atoms with Crippen LogP contribution in [0, 0.1) is 0 Å². The SMILES string of the molecule is O=C1CS(=O)CN1c1ccc(Cl)cc1. The largest absolute Gasteiger partial charge is 0.299 e. The summed E-state index contributed by atoms with van der Waals surface area (Å²) in [6.07, 6.45) is 0. The van der Waals surface area contributed by atoms with Crippen molar-refractivity contribution in [3.8, 4) is 0 Å². The maximum atomic E-state index is 11.4. The Hall–Kier alpha value is -0.870. The number of hydrogen-bond donors (Lipinski definition) is 0. The van der Waals surface area contributed by atoms with Crippen LogP contribution in [0.25, 0.3) is 0 Å². The van der Waals surface area contributed by atoms with Crippen LogP contribution in [-0.2, 0) is 15.6 Å². The number of halogens is 1. The first-order valence-electron chi connectivity index (χ1n) is 4.08. The molecule has 74 valence electrons. The van der Waals surface area contributed by atoms with E-state index in [1.54, 1.807) is 24.3 Å². The van der Waals surface area contributed by atoms with Gasteiger partial charge in [0.25, 0.3) is 0 Å². The fourth-order valence-electron chi connectivity index (χ4n) is 1.32. The number of amides is 1. The highest BCUT2D eigenvalue weighted by Crippen LogP contribution is 2.21. The van der Waals surface area contributed by atoms with Gasteiger partial charge in [0.2, 0.25) is 5.91 Å². The summed E-state index contributed by atoms with van der Waals surface area (Å²) in [6, 6.07) is 6.93. The number of carbonyl (C=O) groups excluding carboxylic acids is 1. The van der Waals surface area contributed by atoms with Crippen molar-refractivity contribution in [3.63, 3.8) is 0 Å². The zero-order valence-electron chi connectivity index (χ0n) is 7.27. The van der Waals surface area contributed by atoms with E-state index in [0.29, 0.717) is 10.9 Å². The average molecular weight is 230 g/mol. The van der Waals surface area contributed by atoms with Crippen LogP contribution in [0.2, 0.25) is 5.02 Å². The van der Waals surface area contributed by atoms with Crippen LogP contribution < -0.4 is 4.90 Å². The molecule has 0 bridgehead atoms. The molecule has 0 aromatic heterocycles. The van der Waals surface area contributed by atoms with Crippen molar-refractivity contribution < 1.29 is 9.00 Å². The molecule has 1 atom stereocenters. The van der Waals surface area contributed by atoms with E-state index in [0.717, 1.165) is 5.69 Å². The molecule has 1 aromatic carbocycles. The molecule has 0 spiro atoms. The van der Waals surface area contributed by atoms with Crippen LogP contribution in [0.1, 0.15) is 0 Å². The summed E-state index contributed by atoms with van der Waals surface area (Å²) >= 11 is 5.72. The Morgan fingerprint density at radius 3 is 2.43 bits per heavy atom. The van der Waals surface area contributed by atoms with Crippen LogP contribution in [-0.4, -0.2) is 21.7 Å². The number of benzene rings is 1. The first-order chi connectivity index (χ1) is 6.66. The van der Waals surface area contributed by atoms with Gasteiger partial charge in [-0.3, -0.25) is 13.9 Å². The first kappa shape index (κ1) is 9.68. The van der Waals surface area contributed by atoms with Gasteiger partial charge >= 0.3 is 0 Å². The Morgan fingerprint density at radius 1 is 1.29 bits per heavy atom. The molecule has 1 heterocycles. The predicted octanol–water partition coefficient (Wildman–Crippen LogP) is 1.39. The van der Waals surface area contributed by atoms with Crippen LogP contribution in [0.3, 0.4) is 0 Å². The summed E-state index contributed by atoms with van der Waals surface area (Å²) < 4.78 is 11.1. The van der Waals surface area contributed by atoms with Gasteiger partial charge in [-0.15, -0.1) is 0 Å². The van der Waals surface area contributed by atoms with Gasteiger partial charge in [-0.25, -0.2) is 0 Å². The molecule has 0 N–H and O–H groups in total. The van der Waals surface area contributed by atoms with Gasteiger partial charge in [-0.2, -0.15) is 0 Å². The average Bonchev–Trinajstić information content (AvgIpc) is 2.47. The van der Waals surface area contributed by atoms with Crippen molar-refractivity contribution in [3.05, 3.63) is 29.3 Å². The van der Waals surface area contributed by atoms with E-state index >= 15 is 0 Å². The molecule has 1 amide bonds. The molecule has 1 aromatic rings. The molecule has 5 heteroatoms. The van der Waals surface area contributed by atoms with Crippen molar-refractivity contribution in [2.75, 3.05) is 16.5 Å². The Bertz CT molecular complexity index is 390. The Labute approximate surface area is 89.1 Å². The minimum atomic E-state index is -1.05. The molecule has 1 saturated heterocycles. The molecule has 0 aliphatic carbocycles. The smallest absolute Gasteiger partial charge is 0.240 e. The Kier molecular flexibility index (Phi) is 2.56. The van der Waals surface area contributed by atoms with E-state index in [4.69, 9.17) is 11.6 Å². The van der Waals surface area contributed by atoms with E-state index < -0.39 is 10.8 Å². The first-order valence-corrected chi connectivity index (χ1v) is 5.94. The van der Waals surface area contributed by atoms with Gasteiger partial charge in [0.05, 0.1) is 10.8 Å². The summed E-state index contributed by atoms with van der Waals surface area (Å²) in [5, 5.41) is 0.626. The van der Waals surface area contributed by atoms with Crippen LogP contribution in [0.15, 0.2) is 24.3 Å². The normalized spacial score (nSPS) is 21.6. The zero-order chi connectivity index (χ0) is 10.1. The van der Waals surface area contributed by atoms with E-state index in [1.807, 2.05) is 0 Å². The van der Waals surface area contributed by atoms with Gasteiger partial charge in [0.1, 0.15) is 11.6 Å². The van der Waals surface area contributed by atoms with Gasteiger partial charge in [0.15, 0.2) is 0 Å². The zero-order valence-corrected chi connectivity index (χ0v) is 8.85. The number of anilines is 1. The standard InChI is InChI=1S/C9H8ClNO2S/c10-7-1-3-8(4-2-7)11-6-14(13)5-9(11)12/h1-4H,5-6H2. The quantitative estimate of drug-likeness (QED) is 0.730. The molecule has 1 fully saturated rings. The molecule has 1 aliphatic rings. The molecule has 2 rings (SSSR count). The highest BCUT2D eigenvalue weighted by Gasteiger charge is 2.27. The lowest BCUT2D eigenvalue weighted by atomic mass is 10.3. The monoisotopic (exact) mass is 229 g/mol. The number of hydrogen-bond acceptors (Lipinski definition) is 2. The van der Waals surface area contributed by atoms with Gasteiger partial charge in [-0.05, 0) is 24.3 Å². The summed E-state index contributed by atoms with van der Waals surface area (Å²) in [5.41, 5.74) is 0.755. The third-order valence-electron chi connectivity index (χ3n) is 2.00. The molecule has 14 heavy (non-hydrogen) atoms. The van der Waals surface area contributed by atoms with Crippen LogP contribution >= 0.6 is 11.6 Å². The summed E-state index contributed by atoms with van der Waals surface area (Å²) in [4.78, 5) is 12.9. The van der Waals surface area contributed by atoms with Crippen LogP contribution in [0.4, 0.5) is 5.69 Å². The molecular weight excluding hydrogens is 222 g/mol. The lowest BCUT2D eigenvalue weighted by molar-refractivity contribution is -0.115. The molecule has 1 aliphatic heterocycles. The van der Waals surface area contributed by atoms with Gasteiger partial charge in [0, 0.05) is 10.7 Å². The number of rotatable bonds is 1. The fraction of sp³-hybridized carbons (Fsp3) is 0.222. The Balaban J connectivity index is 2.27. The molecule has 3 nitrogen and oxygen atoms in total. The fourth-order valence-corrected chi connectivity index (χ4v) is 2.55. The van der Waals surface area contributed by atoms with E-state index in [-0.39, 0.29) is 11.7 Å². The van der Waals surface area contributed by atoms with Crippen molar-refractivity contribution in [2.24, 2.45) is 0 Å². The molecule has 0 saturated carbocycles. The summed E-state index contributed by atoms with van der Waals surface area (Å²) in [5.74, 6) is 0.328. The maximum absolute atomic E-state index is 11.4. The minimum absolute atomic E-state index is 0.0920. The summed E-state index contributed by atoms with van der Waals surface area (Å²) in [6.45, 7) is 0. The molecule has 0 radical (unpaired) electrons. The van der Waals surface area contributed by atoms with Gasteiger partial charge < -0.3 is 0 Å². The highest BCUT2D eigenvalue weighted by atomic mass is 35.5. The van der Waals surface area contributed by atoms with Gasteiger partial charge in [-0.1, -0.05) is 11.6 Å². The number of carbonyl (C=O) groups is 1. The van der Waals surface area contributed by atoms with Crippen molar-refractivity contribution >= 4 is 34.0 Å². The second-order valence-corrected chi connectivity index (χ2v) is 4.87. The third kappa shape index (κ3) is 1.81. The van der Waals surface area contributed by atoms with E-state index in [1.165, 1.54) is 4.90 Å². The minimum Gasteiger partial charge on any atom is -0.299 e. The second-order valence-electron chi connectivity index (χ2n) is 3.01. The van der Waals surface area contributed by atoms with E-state index in [9.17, 15) is 9.00 Å². The molecular formula is C9H8ClNO2S. The maximum Gasteiger partial charge on any atom is 0.240 e. The van der Waals surface area contributed by atoms with Crippen molar-refractivity contribution in [1.82, 2.24) is 0 Å². The lowest BCUT2D eigenvalue weighted by Crippen LogP contribution is -2.24. The van der Waals surface area contributed by atoms with Crippen molar-refractivity contribution in [1.29, 1.82) is 0 Å². The second kappa shape index (κ2) is 3.71. The van der Waals surface area contributed by atoms with Crippen molar-refractivity contribution in [2.45, 2.75) is 0 Å². The van der Waals surface area contributed by atoms with Crippen LogP contribution in [0.5, 0.6) is 0 Å². The number of nitrogens with zero attached hydrogens (tertiary/aromatic N) is 1. The van der Waals surface area contributed by atoms with E-state index in [2.05, 4.69) is 0 Å². The summed E-state index contributed by atoms with van der Waals surface area (Å²) in [7, 11) is -1.05. The predicted molar refractivity (Wildman–Crippen MR) is 56.8 cm³/mol.